The molecule has 2 rings (SSSR count). The molecule has 7 heteroatoms. The topological polar surface area (TPSA) is 79.3 Å². The van der Waals surface area contributed by atoms with Gasteiger partial charge < -0.3 is 10.4 Å². The summed E-state index contributed by atoms with van der Waals surface area (Å²) in [5, 5.41) is 13.0. The number of carbonyl (C=O) groups is 2. The molecule has 0 saturated carbocycles. The lowest BCUT2D eigenvalue weighted by molar-refractivity contribution is 0.0701. The Morgan fingerprint density at radius 2 is 1.83 bits per heavy atom. The first kappa shape index (κ1) is 18.5. The molecule has 0 aliphatic carbocycles. The first-order chi connectivity index (χ1) is 11.3. The van der Waals surface area contributed by atoms with E-state index >= 15 is 0 Å². The van der Waals surface area contributed by atoms with Gasteiger partial charge in [0.25, 0.3) is 5.91 Å². The highest BCUT2D eigenvalue weighted by Crippen LogP contribution is 2.25. The first-order valence-electron chi connectivity index (χ1n) is 7.56. The van der Waals surface area contributed by atoms with Gasteiger partial charge in [-0.3, -0.25) is 4.79 Å². The van der Waals surface area contributed by atoms with Gasteiger partial charge in [-0.15, -0.1) is 23.1 Å². The van der Waals surface area contributed by atoms with Crippen molar-refractivity contribution in [3.63, 3.8) is 0 Å². The van der Waals surface area contributed by atoms with Crippen molar-refractivity contribution in [1.29, 1.82) is 0 Å². The van der Waals surface area contributed by atoms with Crippen LogP contribution in [0.15, 0.2) is 29.2 Å². The standard InChI is InChI=1S/C17H20N2O3S2/c1-9(2)23-13-7-5-12(6-8-13)15(20)18-11(4)16-19-10(3)14(24-16)17(21)22/h5-9,11H,1-4H3,(H,18,20)(H,21,22). The Morgan fingerprint density at radius 3 is 2.33 bits per heavy atom. The summed E-state index contributed by atoms with van der Waals surface area (Å²) in [6.07, 6.45) is 0. The van der Waals surface area contributed by atoms with E-state index in [9.17, 15) is 9.59 Å². The molecule has 1 unspecified atom stereocenters. The third-order valence-electron chi connectivity index (χ3n) is 3.21. The minimum Gasteiger partial charge on any atom is -0.477 e. The van der Waals surface area contributed by atoms with Crippen molar-refractivity contribution in [2.24, 2.45) is 0 Å². The lowest BCUT2D eigenvalue weighted by Crippen LogP contribution is -2.26. The lowest BCUT2D eigenvalue weighted by Gasteiger charge is -2.12. The van der Waals surface area contributed by atoms with Crippen molar-refractivity contribution in [3.8, 4) is 0 Å². The average Bonchev–Trinajstić information content (AvgIpc) is 2.89. The van der Waals surface area contributed by atoms with E-state index in [2.05, 4.69) is 24.1 Å². The summed E-state index contributed by atoms with van der Waals surface area (Å²) >= 11 is 2.83. The molecular weight excluding hydrogens is 344 g/mol. The highest BCUT2D eigenvalue weighted by Gasteiger charge is 2.19. The van der Waals surface area contributed by atoms with Gasteiger partial charge in [0, 0.05) is 15.7 Å². The molecule has 1 amide bonds. The second-order valence-corrected chi connectivity index (χ2v) is 8.34. The third-order valence-corrected chi connectivity index (χ3v) is 5.56. The van der Waals surface area contributed by atoms with Gasteiger partial charge in [-0.1, -0.05) is 13.8 Å². The van der Waals surface area contributed by atoms with E-state index in [0.717, 1.165) is 16.2 Å². The fourth-order valence-electron chi connectivity index (χ4n) is 2.10. The highest BCUT2D eigenvalue weighted by atomic mass is 32.2. The monoisotopic (exact) mass is 364 g/mol. The number of thioether (sulfide) groups is 1. The number of rotatable bonds is 6. The molecular formula is C17H20N2O3S2. The van der Waals surface area contributed by atoms with Crippen LogP contribution in [0.3, 0.4) is 0 Å². The first-order valence-corrected chi connectivity index (χ1v) is 9.25. The molecule has 5 nitrogen and oxygen atoms in total. The number of carboxylic acid groups (broad SMARTS) is 1. The molecule has 0 saturated heterocycles. The molecule has 1 aromatic heterocycles. The Bertz CT molecular complexity index is 739. The van der Waals surface area contributed by atoms with Gasteiger partial charge >= 0.3 is 5.97 Å². The van der Waals surface area contributed by atoms with Gasteiger partial charge in [-0.25, -0.2) is 9.78 Å². The number of amides is 1. The van der Waals surface area contributed by atoms with Crippen LogP contribution in [0, 0.1) is 6.92 Å². The maximum atomic E-state index is 12.3. The average molecular weight is 364 g/mol. The van der Waals surface area contributed by atoms with Gasteiger partial charge in [-0.2, -0.15) is 0 Å². The predicted molar refractivity (Wildman–Crippen MR) is 97.1 cm³/mol. The lowest BCUT2D eigenvalue weighted by atomic mass is 10.2. The second-order valence-electron chi connectivity index (χ2n) is 5.66. The molecule has 2 N–H and O–H groups in total. The summed E-state index contributed by atoms with van der Waals surface area (Å²) in [6, 6.07) is 7.10. The van der Waals surface area contributed by atoms with E-state index < -0.39 is 5.97 Å². The Labute approximate surface area is 149 Å². The molecule has 0 fully saturated rings. The van der Waals surface area contributed by atoms with E-state index in [-0.39, 0.29) is 16.8 Å². The minimum atomic E-state index is -0.993. The van der Waals surface area contributed by atoms with Crippen LogP contribution in [0.4, 0.5) is 0 Å². The number of aryl methyl sites for hydroxylation is 1. The van der Waals surface area contributed by atoms with Crippen molar-refractivity contribution in [2.45, 2.75) is 43.9 Å². The zero-order chi connectivity index (χ0) is 17.9. The van der Waals surface area contributed by atoms with Gasteiger partial charge in [0.05, 0.1) is 11.7 Å². The number of carbonyl (C=O) groups excluding carboxylic acids is 1. The Kier molecular flexibility index (Phi) is 6.01. The van der Waals surface area contributed by atoms with Crippen molar-refractivity contribution in [2.75, 3.05) is 0 Å². The Hall–Kier alpha value is -1.86. The number of hydrogen-bond donors (Lipinski definition) is 2. The summed E-state index contributed by atoms with van der Waals surface area (Å²) in [5.41, 5.74) is 1.04. The number of aromatic carboxylic acids is 1. The van der Waals surface area contributed by atoms with Crippen LogP contribution < -0.4 is 5.32 Å². The van der Waals surface area contributed by atoms with E-state index in [4.69, 9.17) is 5.11 Å². The molecule has 1 atom stereocenters. The van der Waals surface area contributed by atoms with Crippen molar-refractivity contribution >= 4 is 35.0 Å². The van der Waals surface area contributed by atoms with Crippen LogP contribution in [0.25, 0.3) is 0 Å². The summed E-state index contributed by atoms with van der Waals surface area (Å²) in [5.74, 6) is -1.19. The van der Waals surface area contributed by atoms with Crippen LogP contribution >= 0.6 is 23.1 Å². The molecule has 128 valence electrons. The van der Waals surface area contributed by atoms with Crippen LogP contribution in [0.1, 0.15) is 57.5 Å². The van der Waals surface area contributed by atoms with Crippen molar-refractivity contribution in [1.82, 2.24) is 10.3 Å². The maximum absolute atomic E-state index is 12.3. The normalized spacial score (nSPS) is 12.2. The molecule has 0 aliphatic rings. The molecule has 0 radical (unpaired) electrons. The summed E-state index contributed by atoms with van der Waals surface area (Å²) in [6.45, 7) is 7.69. The van der Waals surface area contributed by atoms with E-state index in [1.165, 1.54) is 0 Å². The van der Waals surface area contributed by atoms with Crippen LogP contribution in [0.5, 0.6) is 0 Å². The summed E-state index contributed by atoms with van der Waals surface area (Å²) < 4.78 is 0. The largest absolute Gasteiger partial charge is 0.477 e. The quantitative estimate of drug-likeness (QED) is 0.753. The zero-order valence-electron chi connectivity index (χ0n) is 14.0. The molecule has 1 heterocycles. The summed E-state index contributed by atoms with van der Waals surface area (Å²) in [4.78, 5) is 29.0. The number of nitrogens with one attached hydrogen (secondary N) is 1. The van der Waals surface area contributed by atoms with Crippen molar-refractivity contribution < 1.29 is 14.7 Å². The fourth-order valence-corrected chi connectivity index (χ4v) is 3.85. The van der Waals surface area contributed by atoms with Crippen LogP contribution in [-0.4, -0.2) is 27.2 Å². The van der Waals surface area contributed by atoms with Gasteiger partial charge in [0.2, 0.25) is 0 Å². The van der Waals surface area contributed by atoms with Crippen LogP contribution in [0.2, 0.25) is 0 Å². The Balaban J connectivity index is 2.05. The third kappa shape index (κ3) is 4.58. The summed E-state index contributed by atoms with van der Waals surface area (Å²) in [7, 11) is 0. The molecule has 1 aromatic carbocycles. The van der Waals surface area contributed by atoms with Gasteiger partial charge in [-0.05, 0) is 38.1 Å². The number of hydrogen-bond acceptors (Lipinski definition) is 5. The van der Waals surface area contributed by atoms with Gasteiger partial charge in [0.1, 0.15) is 9.88 Å². The molecule has 0 spiro atoms. The van der Waals surface area contributed by atoms with E-state index in [1.54, 1.807) is 37.7 Å². The van der Waals surface area contributed by atoms with Crippen molar-refractivity contribution in [3.05, 3.63) is 45.4 Å². The molecule has 24 heavy (non-hydrogen) atoms. The number of carboxylic acids is 1. The fraction of sp³-hybridized carbons (Fsp3) is 0.353. The number of benzene rings is 1. The highest BCUT2D eigenvalue weighted by molar-refractivity contribution is 7.99. The Morgan fingerprint density at radius 1 is 1.21 bits per heavy atom. The van der Waals surface area contributed by atoms with Gasteiger partial charge in [0.15, 0.2) is 0 Å². The second kappa shape index (κ2) is 7.81. The number of nitrogens with zero attached hydrogens (tertiary/aromatic N) is 1. The minimum absolute atomic E-state index is 0.201. The molecule has 0 aliphatic heterocycles. The number of thiazole rings is 1. The van der Waals surface area contributed by atoms with E-state index in [0.29, 0.717) is 21.5 Å². The van der Waals surface area contributed by atoms with Crippen LogP contribution in [-0.2, 0) is 0 Å². The predicted octanol–water partition coefficient (Wildman–Crippen LogP) is 4.14. The smallest absolute Gasteiger partial charge is 0.347 e. The van der Waals surface area contributed by atoms with E-state index in [1.807, 2.05) is 12.1 Å². The zero-order valence-corrected chi connectivity index (χ0v) is 15.6. The SMILES string of the molecule is Cc1nc(C(C)NC(=O)c2ccc(SC(C)C)cc2)sc1C(=O)O. The molecule has 0 bridgehead atoms. The molecule has 2 aromatic rings. The number of aromatic nitrogens is 1. The maximum Gasteiger partial charge on any atom is 0.347 e.